The summed E-state index contributed by atoms with van der Waals surface area (Å²) in [5, 5.41) is 13.7. The molecule has 3 aromatic rings. The molecule has 2 aromatic heterocycles. The summed E-state index contributed by atoms with van der Waals surface area (Å²) >= 11 is 0. The van der Waals surface area contributed by atoms with Crippen LogP contribution in [0.15, 0.2) is 54.4 Å². The number of esters is 1. The second-order valence-corrected chi connectivity index (χ2v) is 7.69. The second-order valence-electron chi connectivity index (χ2n) is 7.69. The van der Waals surface area contributed by atoms with Crippen LogP contribution >= 0.6 is 0 Å². The molecule has 0 aliphatic rings. The molecule has 0 aliphatic heterocycles. The van der Waals surface area contributed by atoms with Crippen molar-refractivity contribution in [3.8, 4) is 11.8 Å². The number of nitriles is 1. The maximum absolute atomic E-state index is 12.5. The van der Waals surface area contributed by atoms with Gasteiger partial charge in [-0.3, -0.25) is 0 Å². The molecule has 0 radical (unpaired) electrons. The van der Waals surface area contributed by atoms with Crippen molar-refractivity contribution in [2.45, 2.75) is 40.8 Å². The van der Waals surface area contributed by atoms with Gasteiger partial charge in [-0.1, -0.05) is 26.0 Å². The van der Waals surface area contributed by atoms with E-state index in [0.717, 1.165) is 34.7 Å². The fourth-order valence-corrected chi connectivity index (χ4v) is 3.31. The summed E-state index contributed by atoms with van der Waals surface area (Å²) in [5.41, 5.74) is 4.76. The first-order chi connectivity index (χ1) is 14.4. The molecule has 3 rings (SSSR count). The number of aromatic nitrogens is 3. The third-order valence-electron chi connectivity index (χ3n) is 4.88. The number of ether oxygens (including phenoxy) is 1. The zero-order valence-electron chi connectivity index (χ0n) is 17.8. The van der Waals surface area contributed by atoms with Crippen LogP contribution in [0.25, 0.3) is 11.8 Å². The summed E-state index contributed by atoms with van der Waals surface area (Å²) < 4.78 is 9.32. The van der Waals surface area contributed by atoms with Crippen molar-refractivity contribution in [3.05, 3.63) is 76.9 Å². The molecular weight excluding hydrogens is 376 g/mol. The number of hydrogen-bond acceptors (Lipinski definition) is 4. The lowest BCUT2D eigenvalue weighted by Crippen LogP contribution is -2.08. The van der Waals surface area contributed by atoms with Gasteiger partial charge in [-0.15, -0.1) is 0 Å². The van der Waals surface area contributed by atoms with E-state index in [1.807, 2.05) is 62.5 Å². The molecule has 0 unspecified atom stereocenters. The van der Waals surface area contributed by atoms with Gasteiger partial charge in [0.15, 0.2) is 0 Å². The molecule has 0 spiro atoms. The quantitative estimate of drug-likeness (QED) is 0.329. The summed E-state index contributed by atoms with van der Waals surface area (Å²) in [5.74, 6) is -0.117. The molecule has 0 atom stereocenters. The van der Waals surface area contributed by atoms with E-state index in [1.54, 1.807) is 17.0 Å². The van der Waals surface area contributed by atoms with Crippen LogP contribution in [0.3, 0.4) is 0 Å². The van der Waals surface area contributed by atoms with Gasteiger partial charge in [0, 0.05) is 30.3 Å². The number of aryl methyl sites for hydroxylation is 1. The van der Waals surface area contributed by atoms with Gasteiger partial charge in [0.25, 0.3) is 0 Å². The molecule has 0 aliphatic carbocycles. The number of carbonyl (C=O) groups excluding carboxylic acids is 1. The lowest BCUT2D eigenvalue weighted by Gasteiger charge is -2.12. The van der Waals surface area contributed by atoms with Gasteiger partial charge in [-0.25, -0.2) is 9.48 Å². The van der Waals surface area contributed by atoms with Crippen LogP contribution in [0.2, 0.25) is 0 Å². The third-order valence-corrected chi connectivity index (χ3v) is 4.88. The monoisotopic (exact) mass is 402 g/mol. The maximum Gasteiger partial charge on any atom is 0.349 e. The van der Waals surface area contributed by atoms with Gasteiger partial charge in [0.1, 0.15) is 18.2 Å². The molecule has 0 bridgehead atoms. The number of rotatable bonds is 7. The summed E-state index contributed by atoms with van der Waals surface area (Å²) in [7, 11) is 0. The molecule has 6 nitrogen and oxygen atoms in total. The summed E-state index contributed by atoms with van der Waals surface area (Å²) in [6.07, 6.45) is 5.19. The van der Waals surface area contributed by atoms with Crippen molar-refractivity contribution >= 4 is 12.0 Å². The normalized spacial score (nSPS) is 11.5. The van der Waals surface area contributed by atoms with E-state index in [1.165, 1.54) is 0 Å². The molecule has 0 amide bonds. The lowest BCUT2D eigenvalue weighted by atomic mass is 10.1. The van der Waals surface area contributed by atoms with Gasteiger partial charge >= 0.3 is 5.97 Å². The number of carbonyl (C=O) groups is 1. The van der Waals surface area contributed by atoms with Gasteiger partial charge < -0.3 is 9.30 Å². The summed E-state index contributed by atoms with van der Waals surface area (Å²) in [4.78, 5) is 12.5. The van der Waals surface area contributed by atoms with Crippen molar-refractivity contribution < 1.29 is 9.53 Å². The van der Waals surface area contributed by atoms with E-state index in [9.17, 15) is 10.1 Å². The molecule has 0 saturated carbocycles. The number of benzene rings is 1. The Bertz CT molecular complexity index is 1080. The molecule has 30 heavy (non-hydrogen) atoms. The topological polar surface area (TPSA) is 72.8 Å². The van der Waals surface area contributed by atoms with Crippen LogP contribution in [0.5, 0.6) is 0 Å². The first kappa shape index (κ1) is 21.1. The molecule has 154 valence electrons. The molecule has 0 fully saturated rings. The van der Waals surface area contributed by atoms with Gasteiger partial charge in [0.05, 0.1) is 5.69 Å². The minimum atomic E-state index is -0.623. The Kier molecular flexibility index (Phi) is 6.53. The predicted molar refractivity (Wildman–Crippen MR) is 116 cm³/mol. The van der Waals surface area contributed by atoms with Crippen LogP contribution in [0, 0.1) is 31.1 Å². The van der Waals surface area contributed by atoms with E-state index in [2.05, 4.69) is 23.5 Å². The zero-order valence-corrected chi connectivity index (χ0v) is 17.8. The average Bonchev–Trinajstić information content (AvgIpc) is 3.35. The van der Waals surface area contributed by atoms with Crippen LogP contribution in [-0.2, 0) is 22.7 Å². The maximum atomic E-state index is 12.5. The highest BCUT2D eigenvalue weighted by molar-refractivity contribution is 5.98. The largest absolute Gasteiger partial charge is 0.457 e. The number of hydrogen-bond donors (Lipinski definition) is 0. The van der Waals surface area contributed by atoms with Crippen molar-refractivity contribution in [1.29, 1.82) is 5.26 Å². The van der Waals surface area contributed by atoms with Crippen molar-refractivity contribution in [3.63, 3.8) is 0 Å². The molecule has 6 heteroatoms. The van der Waals surface area contributed by atoms with E-state index in [-0.39, 0.29) is 12.2 Å². The molecule has 0 saturated heterocycles. The standard InChI is InChI=1S/C24H26N4O2/c1-17(2)15-27-18(3)12-21(19(27)4)13-22(14-25)24(29)30-16-20-6-8-23(9-7-20)28-11-5-10-26-28/h5-13,17H,15-16H2,1-4H3/b22-13+. The third kappa shape index (κ3) is 4.87. The fourth-order valence-electron chi connectivity index (χ4n) is 3.31. The smallest absolute Gasteiger partial charge is 0.349 e. The highest BCUT2D eigenvalue weighted by Gasteiger charge is 2.15. The van der Waals surface area contributed by atoms with Gasteiger partial charge in [-0.05, 0) is 61.2 Å². The van der Waals surface area contributed by atoms with Crippen molar-refractivity contribution in [1.82, 2.24) is 14.3 Å². The molecular formula is C24H26N4O2. The minimum absolute atomic E-state index is 0.00652. The minimum Gasteiger partial charge on any atom is -0.457 e. The van der Waals surface area contributed by atoms with Crippen LogP contribution in [-0.4, -0.2) is 20.3 Å². The molecule has 1 aromatic carbocycles. The van der Waals surface area contributed by atoms with E-state index in [0.29, 0.717) is 5.92 Å². The first-order valence-corrected chi connectivity index (χ1v) is 9.93. The van der Waals surface area contributed by atoms with Gasteiger partial charge in [-0.2, -0.15) is 10.4 Å². The molecule has 2 heterocycles. The van der Waals surface area contributed by atoms with Gasteiger partial charge in [0.2, 0.25) is 0 Å². The van der Waals surface area contributed by atoms with E-state index in [4.69, 9.17) is 4.74 Å². The van der Waals surface area contributed by atoms with E-state index < -0.39 is 5.97 Å². The Labute approximate surface area is 177 Å². The second kappa shape index (κ2) is 9.27. The Balaban J connectivity index is 1.69. The lowest BCUT2D eigenvalue weighted by molar-refractivity contribution is -0.139. The Morgan fingerprint density at radius 2 is 2.00 bits per heavy atom. The van der Waals surface area contributed by atoms with Crippen LogP contribution < -0.4 is 0 Å². The summed E-state index contributed by atoms with van der Waals surface area (Å²) in [6, 6.07) is 13.4. The summed E-state index contributed by atoms with van der Waals surface area (Å²) in [6.45, 7) is 9.35. The van der Waals surface area contributed by atoms with E-state index >= 15 is 0 Å². The zero-order chi connectivity index (χ0) is 21.7. The first-order valence-electron chi connectivity index (χ1n) is 9.93. The van der Waals surface area contributed by atoms with Crippen molar-refractivity contribution in [2.24, 2.45) is 5.92 Å². The fraction of sp³-hybridized carbons (Fsp3) is 0.292. The van der Waals surface area contributed by atoms with Crippen LogP contribution in [0.1, 0.15) is 36.4 Å². The Morgan fingerprint density at radius 1 is 1.27 bits per heavy atom. The van der Waals surface area contributed by atoms with Crippen LogP contribution in [0.4, 0.5) is 0 Å². The molecule has 0 N–H and O–H groups in total. The SMILES string of the molecule is Cc1cc(/C=C(\C#N)C(=O)OCc2ccc(-n3cccn3)cc2)c(C)n1CC(C)C. The highest BCUT2D eigenvalue weighted by atomic mass is 16.5. The predicted octanol–water partition coefficient (Wildman–Crippen LogP) is 4.60. The highest BCUT2D eigenvalue weighted by Crippen LogP contribution is 2.20. The Hall–Kier alpha value is -3.59. The number of nitrogens with zero attached hydrogens (tertiary/aromatic N) is 4. The Morgan fingerprint density at radius 3 is 2.60 bits per heavy atom. The average molecular weight is 402 g/mol. The van der Waals surface area contributed by atoms with Crippen molar-refractivity contribution in [2.75, 3.05) is 0 Å².